The predicted octanol–water partition coefficient (Wildman–Crippen LogP) is 2.54. The smallest absolute Gasteiger partial charge is 0.325 e. The quantitative estimate of drug-likeness (QED) is 0.473. The van der Waals surface area contributed by atoms with Crippen LogP contribution < -0.4 is 10.0 Å². The lowest BCUT2D eigenvalue weighted by Gasteiger charge is -2.10. The third-order valence-corrected chi connectivity index (χ3v) is 6.57. The minimum absolute atomic E-state index is 0.0876. The van der Waals surface area contributed by atoms with Gasteiger partial charge in [0.1, 0.15) is 6.04 Å². The van der Waals surface area contributed by atoms with Crippen LogP contribution in [0.3, 0.4) is 0 Å². The van der Waals surface area contributed by atoms with E-state index in [9.17, 15) is 18.0 Å². The fourth-order valence-electron chi connectivity index (χ4n) is 2.31. The molecule has 0 aliphatic rings. The summed E-state index contributed by atoms with van der Waals surface area (Å²) in [6.45, 7) is 1.62. The molecule has 10 heteroatoms. The van der Waals surface area contributed by atoms with Crippen LogP contribution in [-0.4, -0.2) is 43.7 Å². The Balaban J connectivity index is 1.86. The Kier molecular flexibility index (Phi) is 8.51. The van der Waals surface area contributed by atoms with Crippen LogP contribution in [0.5, 0.6) is 0 Å². The maximum absolute atomic E-state index is 12.3. The van der Waals surface area contributed by atoms with Crippen LogP contribution in [0.25, 0.3) is 0 Å². The average Bonchev–Trinajstić information content (AvgIpc) is 2.67. The first-order valence-electron chi connectivity index (χ1n) is 8.66. The first kappa shape index (κ1) is 23.2. The van der Waals surface area contributed by atoms with Crippen LogP contribution in [0.1, 0.15) is 12.5 Å². The zero-order valence-electron chi connectivity index (χ0n) is 15.6. The van der Waals surface area contributed by atoms with E-state index >= 15 is 0 Å². The molecule has 0 unspecified atom stereocenters. The Morgan fingerprint density at radius 3 is 2.52 bits per heavy atom. The molecule has 0 bridgehead atoms. The number of sulfonamides is 1. The van der Waals surface area contributed by atoms with Crippen molar-refractivity contribution in [1.29, 1.82) is 0 Å². The number of rotatable bonds is 10. The number of carbonyl (C=O) groups is 2. The van der Waals surface area contributed by atoms with Gasteiger partial charge in [-0.3, -0.25) is 9.59 Å². The third-order valence-electron chi connectivity index (χ3n) is 3.85. The molecule has 0 aliphatic heterocycles. The SMILES string of the molecule is C[C@H](NC(=O)CSc1cccc(CCNS(=O)(=O)c2ccc(Cl)cc2)c1)C(=O)O. The molecule has 3 N–H and O–H groups in total. The van der Waals surface area contributed by atoms with Crippen molar-refractivity contribution in [2.24, 2.45) is 0 Å². The number of amides is 1. The molecule has 0 heterocycles. The van der Waals surface area contributed by atoms with Crippen molar-refractivity contribution < 1.29 is 23.1 Å². The van der Waals surface area contributed by atoms with Crippen molar-refractivity contribution >= 4 is 45.3 Å². The first-order valence-corrected chi connectivity index (χ1v) is 11.5. The molecule has 2 rings (SSSR count). The van der Waals surface area contributed by atoms with Crippen molar-refractivity contribution in [2.45, 2.75) is 29.2 Å². The highest BCUT2D eigenvalue weighted by atomic mass is 35.5. The summed E-state index contributed by atoms with van der Waals surface area (Å²) in [5, 5.41) is 11.7. The van der Waals surface area contributed by atoms with E-state index in [1.807, 2.05) is 24.3 Å². The van der Waals surface area contributed by atoms with E-state index in [0.29, 0.717) is 11.4 Å². The van der Waals surface area contributed by atoms with Crippen LogP contribution >= 0.6 is 23.4 Å². The number of hydrogen-bond donors (Lipinski definition) is 3. The van der Waals surface area contributed by atoms with Gasteiger partial charge in [0.15, 0.2) is 0 Å². The molecule has 0 spiro atoms. The Bertz CT molecular complexity index is 965. The monoisotopic (exact) mass is 456 g/mol. The second kappa shape index (κ2) is 10.6. The molecule has 29 heavy (non-hydrogen) atoms. The number of aliphatic carboxylic acids is 1. The highest BCUT2D eigenvalue weighted by Gasteiger charge is 2.14. The van der Waals surface area contributed by atoms with Gasteiger partial charge in [-0.05, 0) is 55.3 Å². The highest BCUT2D eigenvalue weighted by molar-refractivity contribution is 8.00. The largest absolute Gasteiger partial charge is 0.480 e. The second-order valence-corrected chi connectivity index (χ2v) is 9.42. The molecule has 2 aromatic carbocycles. The molecule has 7 nitrogen and oxygen atoms in total. The zero-order valence-corrected chi connectivity index (χ0v) is 18.0. The molecule has 0 saturated heterocycles. The number of carbonyl (C=O) groups excluding carboxylic acids is 1. The van der Waals surface area contributed by atoms with E-state index in [1.54, 1.807) is 0 Å². The van der Waals surface area contributed by atoms with Gasteiger partial charge in [0.2, 0.25) is 15.9 Å². The van der Waals surface area contributed by atoms with E-state index < -0.39 is 22.0 Å². The van der Waals surface area contributed by atoms with E-state index in [4.69, 9.17) is 16.7 Å². The average molecular weight is 457 g/mol. The van der Waals surface area contributed by atoms with Gasteiger partial charge in [0.25, 0.3) is 0 Å². The van der Waals surface area contributed by atoms with Crippen LogP contribution in [0.4, 0.5) is 0 Å². The van der Waals surface area contributed by atoms with Gasteiger partial charge in [-0.1, -0.05) is 23.7 Å². The number of hydrogen-bond acceptors (Lipinski definition) is 5. The topological polar surface area (TPSA) is 113 Å². The standard InChI is InChI=1S/C19H21ClN2O5S2/c1-13(19(24)25)22-18(23)12-28-16-4-2-3-14(11-16)9-10-21-29(26,27)17-7-5-15(20)6-8-17/h2-8,11,13,21H,9-10,12H2,1H3,(H,22,23)(H,24,25)/t13-/m0/s1. The molecule has 2 aromatic rings. The molecule has 0 saturated carbocycles. The molecule has 0 aliphatic carbocycles. The van der Waals surface area contributed by atoms with Crippen molar-refractivity contribution in [2.75, 3.05) is 12.3 Å². The molecule has 0 radical (unpaired) electrons. The zero-order chi connectivity index (χ0) is 21.4. The molecule has 0 fully saturated rings. The van der Waals surface area contributed by atoms with Gasteiger partial charge in [-0.25, -0.2) is 13.1 Å². The minimum Gasteiger partial charge on any atom is -0.480 e. The molecule has 1 amide bonds. The number of benzene rings is 2. The van der Waals surface area contributed by atoms with Crippen LogP contribution in [0, 0.1) is 0 Å². The summed E-state index contributed by atoms with van der Waals surface area (Å²) in [6, 6.07) is 12.4. The molecule has 0 aromatic heterocycles. The van der Waals surface area contributed by atoms with Gasteiger partial charge < -0.3 is 10.4 Å². The van der Waals surface area contributed by atoms with Crippen LogP contribution in [-0.2, 0) is 26.0 Å². The highest BCUT2D eigenvalue weighted by Crippen LogP contribution is 2.19. The van der Waals surface area contributed by atoms with Crippen LogP contribution in [0.2, 0.25) is 5.02 Å². The van der Waals surface area contributed by atoms with E-state index in [2.05, 4.69) is 10.0 Å². The lowest BCUT2D eigenvalue weighted by molar-refractivity contribution is -0.140. The van der Waals surface area contributed by atoms with Crippen LogP contribution in [0.15, 0.2) is 58.3 Å². The maximum Gasteiger partial charge on any atom is 0.325 e. The third kappa shape index (κ3) is 7.69. The van der Waals surface area contributed by atoms with Crippen molar-refractivity contribution in [1.82, 2.24) is 10.0 Å². The molecule has 1 atom stereocenters. The Labute approximate surface area is 178 Å². The minimum atomic E-state index is -3.61. The molecule has 156 valence electrons. The van der Waals surface area contributed by atoms with Crippen molar-refractivity contribution in [3.8, 4) is 0 Å². The number of carboxylic acids is 1. The second-order valence-electron chi connectivity index (χ2n) is 6.17. The molecular formula is C19H21ClN2O5S2. The van der Waals surface area contributed by atoms with Gasteiger partial charge in [0.05, 0.1) is 10.6 Å². The lowest BCUT2D eigenvalue weighted by atomic mass is 10.2. The summed E-state index contributed by atoms with van der Waals surface area (Å²) >= 11 is 7.05. The summed E-state index contributed by atoms with van der Waals surface area (Å²) in [7, 11) is -3.61. The Morgan fingerprint density at radius 2 is 1.86 bits per heavy atom. The Morgan fingerprint density at radius 1 is 1.17 bits per heavy atom. The van der Waals surface area contributed by atoms with E-state index in [0.717, 1.165) is 10.5 Å². The maximum atomic E-state index is 12.3. The first-order chi connectivity index (χ1) is 13.7. The number of halogens is 1. The Hall–Kier alpha value is -2.07. The summed E-state index contributed by atoms with van der Waals surface area (Å²) in [5.41, 5.74) is 0.910. The number of nitrogens with one attached hydrogen (secondary N) is 2. The summed E-state index contributed by atoms with van der Waals surface area (Å²) in [4.78, 5) is 23.5. The van der Waals surface area contributed by atoms with Gasteiger partial charge in [-0.2, -0.15) is 0 Å². The van der Waals surface area contributed by atoms with E-state index in [1.165, 1.54) is 43.0 Å². The predicted molar refractivity (Wildman–Crippen MR) is 113 cm³/mol. The summed E-state index contributed by atoms with van der Waals surface area (Å²) in [6.07, 6.45) is 0.476. The molecular weight excluding hydrogens is 436 g/mol. The lowest BCUT2D eigenvalue weighted by Crippen LogP contribution is -2.39. The van der Waals surface area contributed by atoms with Gasteiger partial charge in [-0.15, -0.1) is 11.8 Å². The normalized spacial score (nSPS) is 12.3. The van der Waals surface area contributed by atoms with Crippen molar-refractivity contribution in [3.63, 3.8) is 0 Å². The van der Waals surface area contributed by atoms with Crippen molar-refractivity contribution in [3.05, 3.63) is 59.1 Å². The van der Waals surface area contributed by atoms with Gasteiger partial charge in [0, 0.05) is 16.5 Å². The summed E-state index contributed by atoms with van der Waals surface area (Å²) in [5.74, 6) is -1.37. The van der Waals surface area contributed by atoms with E-state index in [-0.39, 0.29) is 23.1 Å². The number of thioether (sulfide) groups is 1. The van der Waals surface area contributed by atoms with Gasteiger partial charge >= 0.3 is 5.97 Å². The fourth-order valence-corrected chi connectivity index (χ4v) is 4.26. The number of carboxylic acid groups (broad SMARTS) is 1. The summed E-state index contributed by atoms with van der Waals surface area (Å²) < 4.78 is 27.1. The fraction of sp³-hybridized carbons (Fsp3) is 0.263.